The molecule has 0 fully saturated rings. The summed E-state index contributed by atoms with van der Waals surface area (Å²) in [5, 5.41) is 0. The van der Waals surface area contributed by atoms with Gasteiger partial charge in [0.15, 0.2) is 5.60 Å². The van der Waals surface area contributed by atoms with Gasteiger partial charge in [-0.2, -0.15) is 0 Å². The molecule has 3 aromatic carbocycles. The molecule has 0 aliphatic rings. The lowest BCUT2D eigenvalue weighted by Crippen LogP contribution is -2.34. The molecule has 0 amide bonds. The summed E-state index contributed by atoms with van der Waals surface area (Å²) >= 11 is 0. The van der Waals surface area contributed by atoms with Crippen LogP contribution in [0.4, 0.5) is 0 Å². The normalized spacial score (nSPS) is 11.3. The summed E-state index contributed by atoms with van der Waals surface area (Å²) in [6, 6.07) is 24.8. The Balaban J connectivity index is 2.28. The van der Waals surface area contributed by atoms with Crippen molar-refractivity contribution >= 4 is 5.97 Å². The quantitative estimate of drug-likeness (QED) is 0.320. The largest absolute Gasteiger partial charge is 0.497 e. The molecule has 148 valence electrons. The average Bonchev–Trinajstić information content (AvgIpc) is 2.78. The lowest BCUT2D eigenvalue weighted by Gasteiger charge is -2.35. The number of carbonyl (C=O) groups excluding carboxylic acids is 1. The van der Waals surface area contributed by atoms with Gasteiger partial charge in [0.25, 0.3) is 0 Å². The smallest absolute Gasteiger partial charge is 0.331 e. The second-order valence-corrected chi connectivity index (χ2v) is 6.43. The monoisotopic (exact) mass is 388 g/mol. The first-order valence-corrected chi connectivity index (χ1v) is 9.34. The van der Waals surface area contributed by atoms with Crippen LogP contribution in [0.1, 0.15) is 23.6 Å². The minimum atomic E-state index is -1.13. The standard InChI is InChI=1S/C25H24O4/c1-4-8-24(26)29-25(19-9-6-5-7-10-19,20-11-15-22(27-2)16-12-20)21-13-17-23(28-3)18-14-21/h4-18H,1-3H3/b8-4+. The highest BCUT2D eigenvalue weighted by molar-refractivity contribution is 5.83. The van der Waals surface area contributed by atoms with Crippen molar-refractivity contribution in [2.45, 2.75) is 12.5 Å². The summed E-state index contributed by atoms with van der Waals surface area (Å²) in [5.74, 6) is 1.03. The van der Waals surface area contributed by atoms with Crippen LogP contribution in [-0.2, 0) is 15.1 Å². The van der Waals surface area contributed by atoms with Crippen LogP contribution in [0.3, 0.4) is 0 Å². The van der Waals surface area contributed by atoms with Crippen LogP contribution in [0, 0.1) is 0 Å². The molecule has 29 heavy (non-hydrogen) atoms. The Bertz CT molecular complexity index is 910. The predicted octanol–water partition coefficient (Wildman–Crippen LogP) is 5.12. The molecule has 0 unspecified atom stereocenters. The van der Waals surface area contributed by atoms with Crippen LogP contribution in [-0.4, -0.2) is 20.2 Å². The van der Waals surface area contributed by atoms with E-state index in [0.29, 0.717) is 0 Å². The zero-order chi connectivity index (χ0) is 20.7. The summed E-state index contributed by atoms with van der Waals surface area (Å²) in [6.07, 6.45) is 3.09. The Labute approximate surface area is 171 Å². The van der Waals surface area contributed by atoms with Gasteiger partial charge in [0.1, 0.15) is 11.5 Å². The van der Waals surface area contributed by atoms with Crippen molar-refractivity contribution < 1.29 is 19.0 Å². The van der Waals surface area contributed by atoms with Crippen LogP contribution in [0.25, 0.3) is 0 Å². The zero-order valence-electron chi connectivity index (χ0n) is 16.8. The van der Waals surface area contributed by atoms with Gasteiger partial charge in [0, 0.05) is 22.8 Å². The third kappa shape index (κ3) is 4.16. The third-order valence-electron chi connectivity index (χ3n) is 4.73. The predicted molar refractivity (Wildman–Crippen MR) is 113 cm³/mol. The molecule has 0 aliphatic heterocycles. The van der Waals surface area contributed by atoms with E-state index in [1.165, 1.54) is 6.08 Å². The lowest BCUT2D eigenvalue weighted by atomic mass is 9.80. The van der Waals surface area contributed by atoms with Gasteiger partial charge in [0.05, 0.1) is 14.2 Å². The molecule has 0 N–H and O–H groups in total. The fourth-order valence-electron chi connectivity index (χ4n) is 3.32. The van der Waals surface area contributed by atoms with Crippen molar-refractivity contribution in [3.8, 4) is 11.5 Å². The maximum absolute atomic E-state index is 12.7. The number of benzene rings is 3. The van der Waals surface area contributed by atoms with Crippen molar-refractivity contribution in [3.63, 3.8) is 0 Å². The molecule has 0 aliphatic carbocycles. The van der Waals surface area contributed by atoms with E-state index in [-0.39, 0.29) is 0 Å². The van der Waals surface area contributed by atoms with E-state index in [1.54, 1.807) is 27.2 Å². The van der Waals surface area contributed by atoms with Crippen LogP contribution in [0.2, 0.25) is 0 Å². The number of hydrogen-bond acceptors (Lipinski definition) is 4. The van der Waals surface area contributed by atoms with Gasteiger partial charge in [-0.05, 0) is 31.2 Å². The highest BCUT2D eigenvalue weighted by Crippen LogP contribution is 2.41. The first kappa shape index (κ1) is 20.2. The Kier molecular flexibility index (Phi) is 6.35. The molecular weight excluding hydrogens is 364 g/mol. The third-order valence-corrected chi connectivity index (χ3v) is 4.73. The van der Waals surface area contributed by atoms with E-state index in [0.717, 1.165) is 28.2 Å². The maximum atomic E-state index is 12.7. The van der Waals surface area contributed by atoms with Crippen molar-refractivity contribution in [1.82, 2.24) is 0 Å². The van der Waals surface area contributed by atoms with Crippen LogP contribution >= 0.6 is 0 Å². The SMILES string of the molecule is C/C=C/C(=O)OC(c1ccccc1)(c1ccc(OC)cc1)c1ccc(OC)cc1. The average molecular weight is 388 g/mol. The van der Waals surface area contributed by atoms with Crippen molar-refractivity contribution in [3.05, 3.63) is 108 Å². The molecule has 4 heteroatoms. The molecule has 0 atom stereocenters. The van der Waals surface area contributed by atoms with Gasteiger partial charge in [0.2, 0.25) is 0 Å². The van der Waals surface area contributed by atoms with Gasteiger partial charge in [-0.1, -0.05) is 60.7 Å². The summed E-state index contributed by atoms with van der Waals surface area (Å²) in [4.78, 5) is 12.7. The number of carbonyl (C=O) groups is 1. The second-order valence-electron chi connectivity index (χ2n) is 6.43. The fourth-order valence-corrected chi connectivity index (χ4v) is 3.32. The molecule has 0 radical (unpaired) electrons. The van der Waals surface area contributed by atoms with Gasteiger partial charge in [-0.3, -0.25) is 0 Å². The van der Waals surface area contributed by atoms with Crippen molar-refractivity contribution in [2.24, 2.45) is 0 Å². The molecular formula is C25H24O4. The Morgan fingerprint density at radius 3 is 1.59 bits per heavy atom. The molecule has 0 aromatic heterocycles. The number of hydrogen-bond donors (Lipinski definition) is 0. The first-order valence-electron chi connectivity index (χ1n) is 9.34. The van der Waals surface area contributed by atoms with Gasteiger partial charge >= 0.3 is 5.97 Å². The molecule has 0 saturated heterocycles. The van der Waals surface area contributed by atoms with Crippen molar-refractivity contribution in [2.75, 3.05) is 14.2 Å². The molecule has 0 saturated carbocycles. The number of ether oxygens (including phenoxy) is 3. The minimum absolute atomic E-state index is 0.428. The Morgan fingerprint density at radius 2 is 1.17 bits per heavy atom. The fraction of sp³-hybridized carbons (Fsp3) is 0.160. The Morgan fingerprint density at radius 1 is 0.724 bits per heavy atom. The van der Waals surface area contributed by atoms with Gasteiger partial charge in [-0.15, -0.1) is 0 Å². The number of rotatable bonds is 7. The summed E-state index contributed by atoms with van der Waals surface area (Å²) in [6.45, 7) is 1.78. The number of methoxy groups -OCH3 is 2. The minimum Gasteiger partial charge on any atom is -0.497 e. The number of esters is 1. The highest BCUT2D eigenvalue weighted by atomic mass is 16.6. The maximum Gasteiger partial charge on any atom is 0.331 e. The highest BCUT2D eigenvalue weighted by Gasteiger charge is 2.40. The molecule has 0 bridgehead atoms. The summed E-state index contributed by atoms with van der Waals surface area (Å²) in [7, 11) is 3.24. The number of allylic oxidation sites excluding steroid dienone is 1. The topological polar surface area (TPSA) is 44.8 Å². The van der Waals surface area contributed by atoms with Crippen LogP contribution in [0.15, 0.2) is 91.0 Å². The summed E-state index contributed by atoms with van der Waals surface area (Å²) in [5.41, 5.74) is 1.34. The Hall–Kier alpha value is -3.53. The van der Waals surface area contributed by atoms with Gasteiger partial charge < -0.3 is 14.2 Å². The second kappa shape index (κ2) is 9.11. The van der Waals surface area contributed by atoms with E-state index >= 15 is 0 Å². The lowest BCUT2D eigenvalue weighted by molar-refractivity contribution is -0.147. The van der Waals surface area contributed by atoms with Crippen LogP contribution in [0.5, 0.6) is 11.5 Å². The first-order chi connectivity index (χ1) is 14.1. The van der Waals surface area contributed by atoms with E-state index in [9.17, 15) is 4.79 Å². The van der Waals surface area contributed by atoms with Crippen molar-refractivity contribution in [1.29, 1.82) is 0 Å². The van der Waals surface area contributed by atoms with E-state index in [4.69, 9.17) is 14.2 Å². The van der Waals surface area contributed by atoms with E-state index in [2.05, 4.69) is 0 Å². The van der Waals surface area contributed by atoms with Crippen LogP contribution < -0.4 is 9.47 Å². The van der Waals surface area contributed by atoms with Gasteiger partial charge in [-0.25, -0.2) is 4.79 Å². The molecule has 4 nitrogen and oxygen atoms in total. The summed E-state index contributed by atoms with van der Waals surface area (Å²) < 4.78 is 16.8. The van der Waals surface area contributed by atoms with E-state index < -0.39 is 11.6 Å². The molecule has 3 rings (SSSR count). The van der Waals surface area contributed by atoms with E-state index in [1.807, 2.05) is 78.9 Å². The molecule has 0 spiro atoms. The molecule has 0 heterocycles. The zero-order valence-corrected chi connectivity index (χ0v) is 16.8. The molecule has 3 aromatic rings.